The molecule has 1 aliphatic heterocycles. The number of halogens is 1. The molecular weight excluding hydrogens is 266 g/mol. The third-order valence-electron chi connectivity index (χ3n) is 2.91. The van der Waals surface area contributed by atoms with Crippen LogP contribution in [0.3, 0.4) is 0 Å². The molecule has 0 aromatic heterocycles. The second kappa shape index (κ2) is 5.02. The Bertz CT molecular complexity index is 414. The van der Waals surface area contributed by atoms with E-state index >= 15 is 0 Å². The number of hydrogen-bond donors (Lipinski definition) is 1. The Kier molecular flexibility index (Phi) is 3.66. The van der Waals surface area contributed by atoms with Gasteiger partial charge in [-0.2, -0.15) is 0 Å². The topological polar surface area (TPSA) is 35.2 Å². The number of benzene rings is 1. The van der Waals surface area contributed by atoms with Gasteiger partial charge in [0.05, 0.1) is 12.6 Å². The maximum Gasteiger partial charge on any atom is 0.113 e. The van der Waals surface area contributed by atoms with Gasteiger partial charge in [-0.1, -0.05) is 28.1 Å². The van der Waals surface area contributed by atoms with Gasteiger partial charge in [0.15, 0.2) is 0 Å². The van der Waals surface area contributed by atoms with E-state index < -0.39 is 0 Å². The molecule has 0 saturated heterocycles. The molecule has 0 fully saturated rings. The molecule has 0 amide bonds. The number of hydrogen-bond acceptors (Lipinski definition) is 2. The van der Waals surface area contributed by atoms with Gasteiger partial charge in [0.25, 0.3) is 0 Å². The van der Waals surface area contributed by atoms with Gasteiger partial charge in [0, 0.05) is 4.47 Å². The van der Waals surface area contributed by atoms with E-state index in [2.05, 4.69) is 35.0 Å². The molecule has 3 heteroatoms. The van der Waals surface area contributed by atoms with Crippen LogP contribution in [0.1, 0.15) is 30.0 Å². The van der Waals surface area contributed by atoms with Crippen LogP contribution < -0.4 is 5.73 Å². The van der Waals surface area contributed by atoms with Crippen LogP contribution in [0.4, 0.5) is 0 Å². The third-order valence-corrected chi connectivity index (χ3v) is 3.77. The molecule has 0 saturated carbocycles. The van der Waals surface area contributed by atoms with Crippen LogP contribution in [0.15, 0.2) is 34.5 Å². The molecule has 2 rings (SSSR count). The van der Waals surface area contributed by atoms with Gasteiger partial charge in [-0.05, 0) is 43.0 Å². The van der Waals surface area contributed by atoms with E-state index in [4.69, 9.17) is 10.5 Å². The minimum atomic E-state index is -0.141. The Morgan fingerprint density at radius 2 is 2.25 bits per heavy atom. The summed E-state index contributed by atoms with van der Waals surface area (Å²) in [4.78, 5) is 0. The van der Waals surface area contributed by atoms with Crippen molar-refractivity contribution in [3.8, 4) is 0 Å². The first-order chi connectivity index (χ1) is 7.70. The zero-order valence-corrected chi connectivity index (χ0v) is 11.0. The first-order valence-corrected chi connectivity index (χ1v) is 6.33. The van der Waals surface area contributed by atoms with Crippen LogP contribution in [0.2, 0.25) is 0 Å². The highest BCUT2D eigenvalue weighted by atomic mass is 79.9. The fourth-order valence-electron chi connectivity index (χ4n) is 1.91. The van der Waals surface area contributed by atoms with Gasteiger partial charge >= 0.3 is 0 Å². The molecule has 0 spiro atoms. The summed E-state index contributed by atoms with van der Waals surface area (Å²) < 4.78 is 6.70. The van der Waals surface area contributed by atoms with Crippen molar-refractivity contribution in [2.45, 2.75) is 25.8 Å². The highest BCUT2D eigenvalue weighted by Gasteiger charge is 2.17. The molecule has 0 radical (unpaired) electrons. The lowest BCUT2D eigenvalue weighted by Gasteiger charge is -2.22. The summed E-state index contributed by atoms with van der Waals surface area (Å²) in [5.74, 6) is 0.910. The van der Waals surface area contributed by atoms with Crippen LogP contribution in [0.25, 0.3) is 0 Å². The van der Waals surface area contributed by atoms with E-state index in [0.717, 1.165) is 35.2 Å². The second-order valence-electron chi connectivity index (χ2n) is 4.03. The molecule has 1 aliphatic rings. The number of nitrogens with two attached hydrogens (primary N) is 1. The van der Waals surface area contributed by atoms with E-state index in [1.54, 1.807) is 0 Å². The first-order valence-electron chi connectivity index (χ1n) is 5.53. The SMILES string of the molecule is Cc1c(Br)cccc1C(N)C1=CCCCO1. The minimum absolute atomic E-state index is 0.141. The monoisotopic (exact) mass is 281 g/mol. The summed E-state index contributed by atoms with van der Waals surface area (Å²) in [5.41, 5.74) is 8.54. The van der Waals surface area contributed by atoms with Gasteiger partial charge in [-0.3, -0.25) is 0 Å². The first kappa shape index (κ1) is 11.7. The largest absolute Gasteiger partial charge is 0.496 e. The summed E-state index contributed by atoms with van der Waals surface area (Å²) in [7, 11) is 0. The van der Waals surface area contributed by atoms with Gasteiger partial charge < -0.3 is 10.5 Å². The van der Waals surface area contributed by atoms with E-state index in [9.17, 15) is 0 Å². The van der Waals surface area contributed by atoms with Crippen molar-refractivity contribution in [3.05, 3.63) is 45.6 Å². The molecule has 0 bridgehead atoms. The van der Waals surface area contributed by atoms with E-state index in [1.807, 2.05) is 12.1 Å². The van der Waals surface area contributed by atoms with Crippen LogP contribution in [-0.2, 0) is 4.74 Å². The number of rotatable bonds is 2. The summed E-state index contributed by atoms with van der Waals surface area (Å²) in [6.07, 6.45) is 4.26. The Balaban J connectivity index is 2.29. The van der Waals surface area contributed by atoms with E-state index in [0.29, 0.717) is 0 Å². The normalized spacial score (nSPS) is 17.6. The fourth-order valence-corrected chi connectivity index (χ4v) is 2.29. The molecule has 1 aromatic carbocycles. The summed E-state index contributed by atoms with van der Waals surface area (Å²) >= 11 is 3.52. The lowest BCUT2D eigenvalue weighted by atomic mass is 9.99. The summed E-state index contributed by atoms with van der Waals surface area (Å²) in [6, 6.07) is 5.96. The Hall–Kier alpha value is -0.800. The third kappa shape index (κ3) is 2.30. The van der Waals surface area contributed by atoms with Crippen molar-refractivity contribution in [2.75, 3.05) is 6.61 Å². The van der Waals surface area contributed by atoms with E-state index in [-0.39, 0.29) is 6.04 Å². The standard InChI is InChI=1S/C13H16BrNO/c1-9-10(5-4-6-11(9)14)13(15)12-7-2-3-8-16-12/h4-7,13H,2-3,8,15H2,1H3. The molecule has 1 aromatic rings. The maximum atomic E-state index is 6.23. The molecule has 2 nitrogen and oxygen atoms in total. The van der Waals surface area contributed by atoms with Gasteiger partial charge in [-0.15, -0.1) is 0 Å². The highest BCUT2D eigenvalue weighted by molar-refractivity contribution is 9.10. The predicted molar refractivity (Wildman–Crippen MR) is 69.1 cm³/mol. The molecule has 0 aliphatic carbocycles. The average Bonchev–Trinajstić information content (AvgIpc) is 2.33. The zero-order valence-electron chi connectivity index (χ0n) is 9.37. The van der Waals surface area contributed by atoms with Crippen LogP contribution >= 0.6 is 15.9 Å². The Morgan fingerprint density at radius 3 is 2.94 bits per heavy atom. The fraction of sp³-hybridized carbons (Fsp3) is 0.385. The quantitative estimate of drug-likeness (QED) is 0.901. The molecule has 2 N–H and O–H groups in total. The lowest BCUT2D eigenvalue weighted by Crippen LogP contribution is -2.18. The second-order valence-corrected chi connectivity index (χ2v) is 4.88. The van der Waals surface area contributed by atoms with Crippen molar-refractivity contribution in [1.29, 1.82) is 0 Å². The Labute approximate surface area is 105 Å². The molecule has 86 valence electrons. The van der Waals surface area contributed by atoms with Gasteiger partial charge in [0.1, 0.15) is 5.76 Å². The van der Waals surface area contributed by atoms with Gasteiger partial charge in [0.2, 0.25) is 0 Å². The Morgan fingerprint density at radius 1 is 1.44 bits per heavy atom. The molecule has 1 heterocycles. The highest BCUT2D eigenvalue weighted by Crippen LogP contribution is 2.29. The van der Waals surface area contributed by atoms with Crippen molar-refractivity contribution in [1.82, 2.24) is 0 Å². The molecule has 1 unspecified atom stereocenters. The summed E-state index contributed by atoms with van der Waals surface area (Å²) in [5, 5.41) is 0. The average molecular weight is 282 g/mol. The van der Waals surface area contributed by atoms with E-state index in [1.165, 1.54) is 5.56 Å². The number of ether oxygens (including phenoxy) is 1. The zero-order chi connectivity index (χ0) is 11.5. The van der Waals surface area contributed by atoms with Crippen molar-refractivity contribution >= 4 is 15.9 Å². The van der Waals surface area contributed by atoms with Crippen molar-refractivity contribution in [3.63, 3.8) is 0 Å². The lowest BCUT2D eigenvalue weighted by molar-refractivity contribution is 0.175. The van der Waals surface area contributed by atoms with Crippen LogP contribution in [0, 0.1) is 6.92 Å². The minimum Gasteiger partial charge on any atom is -0.496 e. The number of allylic oxidation sites excluding steroid dienone is 1. The van der Waals surface area contributed by atoms with Crippen LogP contribution in [0.5, 0.6) is 0 Å². The maximum absolute atomic E-state index is 6.23. The molecule has 1 atom stereocenters. The van der Waals surface area contributed by atoms with Gasteiger partial charge in [-0.25, -0.2) is 0 Å². The van der Waals surface area contributed by atoms with Crippen LogP contribution in [-0.4, -0.2) is 6.61 Å². The predicted octanol–water partition coefficient (Wildman–Crippen LogP) is 3.45. The van der Waals surface area contributed by atoms with Crippen molar-refractivity contribution in [2.24, 2.45) is 5.73 Å². The smallest absolute Gasteiger partial charge is 0.113 e. The summed E-state index contributed by atoms with van der Waals surface area (Å²) in [6.45, 7) is 2.86. The molecular formula is C13H16BrNO. The molecule has 16 heavy (non-hydrogen) atoms. The van der Waals surface area contributed by atoms with Crippen molar-refractivity contribution < 1.29 is 4.74 Å².